The number of pyridine rings is 1. The smallest absolute Gasteiger partial charge is 0.268 e. The highest BCUT2D eigenvalue weighted by molar-refractivity contribution is 5.99. The van der Waals surface area contributed by atoms with Gasteiger partial charge in [-0.25, -0.2) is 9.67 Å². The third kappa shape index (κ3) is 4.50. The average molecular weight is 451 g/mol. The van der Waals surface area contributed by atoms with Gasteiger partial charge in [0.25, 0.3) is 5.91 Å². The van der Waals surface area contributed by atoms with E-state index in [2.05, 4.69) is 32.6 Å². The zero-order valence-corrected chi connectivity index (χ0v) is 19.4. The van der Waals surface area contributed by atoms with Crippen LogP contribution in [-0.4, -0.2) is 41.6 Å². The van der Waals surface area contributed by atoms with Crippen molar-refractivity contribution in [3.05, 3.63) is 41.5 Å². The molecule has 10 heteroatoms. The second-order valence-corrected chi connectivity index (χ2v) is 9.03. The molecular formula is C23H30N8O2. The summed E-state index contributed by atoms with van der Waals surface area (Å²) in [4.78, 5) is 30.1. The first-order valence-electron chi connectivity index (χ1n) is 11.2. The molecule has 1 atom stereocenters. The van der Waals surface area contributed by atoms with Crippen LogP contribution in [0.4, 0.5) is 5.82 Å². The van der Waals surface area contributed by atoms with Crippen LogP contribution in [0.3, 0.4) is 0 Å². The molecule has 0 spiro atoms. The number of hydrogen-bond donors (Lipinski definition) is 2. The van der Waals surface area contributed by atoms with Crippen molar-refractivity contribution in [2.45, 2.75) is 45.4 Å². The molecule has 1 fully saturated rings. The monoisotopic (exact) mass is 450 g/mol. The normalized spacial score (nSPS) is 19.3. The van der Waals surface area contributed by atoms with Gasteiger partial charge in [-0.3, -0.25) is 14.3 Å². The fourth-order valence-corrected chi connectivity index (χ4v) is 4.82. The van der Waals surface area contributed by atoms with Crippen molar-refractivity contribution >= 4 is 17.6 Å². The lowest BCUT2D eigenvalue weighted by atomic mass is 9.74. The van der Waals surface area contributed by atoms with E-state index < -0.39 is 11.8 Å². The molecule has 174 valence electrons. The lowest BCUT2D eigenvalue weighted by Gasteiger charge is -2.31. The van der Waals surface area contributed by atoms with Gasteiger partial charge in [0.2, 0.25) is 5.91 Å². The van der Waals surface area contributed by atoms with Crippen LogP contribution in [0.2, 0.25) is 0 Å². The number of primary amides is 1. The molecule has 1 saturated carbocycles. The zero-order chi connectivity index (χ0) is 23.7. The van der Waals surface area contributed by atoms with Crippen molar-refractivity contribution in [2.75, 3.05) is 5.32 Å². The van der Waals surface area contributed by atoms with Gasteiger partial charge in [-0.2, -0.15) is 5.10 Å². The molecule has 0 saturated heterocycles. The van der Waals surface area contributed by atoms with E-state index in [-0.39, 0.29) is 17.5 Å². The molecular weight excluding hydrogens is 420 g/mol. The highest BCUT2D eigenvalue weighted by atomic mass is 16.2. The summed E-state index contributed by atoms with van der Waals surface area (Å²) in [5.41, 5.74) is 9.03. The summed E-state index contributed by atoms with van der Waals surface area (Å²) in [6, 6.07) is 3.67. The van der Waals surface area contributed by atoms with E-state index in [1.54, 1.807) is 30.2 Å². The van der Waals surface area contributed by atoms with Gasteiger partial charge in [-0.1, -0.05) is 25.0 Å². The Kier molecular flexibility index (Phi) is 6.26. The molecule has 3 aromatic rings. The average Bonchev–Trinajstić information content (AvgIpc) is 3.32. The lowest BCUT2D eigenvalue weighted by Crippen LogP contribution is -2.32. The Labute approximate surface area is 192 Å². The summed E-state index contributed by atoms with van der Waals surface area (Å²) in [5.74, 6) is -0.431. The van der Waals surface area contributed by atoms with Crippen molar-refractivity contribution in [2.24, 2.45) is 31.7 Å². The quantitative estimate of drug-likeness (QED) is 0.593. The van der Waals surface area contributed by atoms with E-state index in [1.807, 2.05) is 20.0 Å². The Bertz CT molecular complexity index is 1140. The predicted molar refractivity (Wildman–Crippen MR) is 123 cm³/mol. The number of anilines is 1. The Morgan fingerprint density at radius 2 is 1.85 bits per heavy atom. The first-order valence-corrected chi connectivity index (χ1v) is 11.2. The van der Waals surface area contributed by atoms with Crippen molar-refractivity contribution in [1.29, 1.82) is 0 Å². The molecule has 0 aromatic carbocycles. The van der Waals surface area contributed by atoms with Gasteiger partial charge < -0.3 is 11.1 Å². The maximum absolute atomic E-state index is 13.5. The molecule has 0 bridgehead atoms. The van der Waals surface area contributed by atoms with Gasteiger partial charge in [0, 0.05) is 25.9 Å². The van der Waals surface area contributed by atoms with E-state index in [0.717, 1.165) is 42.5 Å². The van der Waals surface area contributed by atoms with Crippen LogP contribution in [0.15, 0.2) is 24.5 Å². The summed E-state index contributed by atoms with van der Waals surface area (Å²) < 4.78 is 3.14. The highest BCUT2D eigenvalue weighted by Crippen LogP contribution is 2.39. The minimum Gasteiger partial charge on any atom is -0.364 e. The Morgan fingerprint density at radius 1 is 1.12 bits per heavy atom. The van der Waals surface area contributed by atoms with Gasteiger partial charge >= 0.3 is 0 Å². The number of aromatic nitrogens is 6. The summed E-state index contributed by atoms with van der Waals surface area (Å²) >= 11 is 0. The molecule has 2 amide bonds. The summed E-state index contributed by atoms with van der Waals surface area (Å²) in [6.45, 7) is 4.21. The summed E-state index contributed by atoms with van der Waals surface area (Å²) in [5, 5.41) is 15.4. The first-order chi connectivity index (χ1) is 15.8. The second kappa shape index (κ2) is 9.13. The molecule has 1 aliphatic rings. The third-order valence-electron chi connectivity index (χ3n) is 6.61. The van der Waals surface area contributed by atoms with Crippen molar-refractivity contribution in [3.63, 3.8) is 0 Å². The number of aryl methyl sites for hydroxylation is 3. The molecule has 10 nitrogen and oxygen atoms in total. The molecule has 3 heterocycles. The van der Waals surface area contributed by atoms with Crippen LogP contribution >= 0.6 is 0 Å². The number of carbonyl (C=O) groups is 2. The molecule has 3 aromatic heterocycles. The Morgan fingerprint density at radius 3 is 2.42 bits per heavy atom. The minimum atomic E-state index is -0.645. The van der Waals surface area contributed by atoms with E-state index >= 15 is 0 Å². The maximum atomic E-state index is 13.5. The van der Waals surface area contributed by atoms with E-state index in [9.17, 15) is 9.59 Å². The van der Waals surface area contributed by atoms with Crippen LogP contribution in [-0.2, 0) is 18.9 Å². The third-order valence-corrected chi connectivity index (χ3v) is 6.61. The van der Waals surface area contributed by atoms with Gasteiger partial charge in [-0.15, -0.1) is 5.10 Å². The zero-order valence-electron chi connectivity index (χ0n) is 19.4. The standard InChI is InChI=1S/C23H30N8O2/c1-13-5-7-15(8-6-13)18(19-21(22(24)32)31(4)29-28-19)23(33)27-17-10-9-16(12-25-17)20-14(2)11-26-30(20)3/h9-13,15,18H,5-8H2,1-4H3,(H2,24,32)(H,25,27,33). The second-order valence-electron chi connectivity index (χ2n) is 9.03. The molecule has 1 unspecified atom stereocenters. The van der Waals surface area contributed by atoms with Gasteiger partial charge in [0.15, 0.2) is 0 Å². The number of nitrogens with zero attached hydrogens (tertiary/aromatic N) is 6. The molecule has 0 radical (unpaired) electrons. The maximum Gasteiger partial charge on any atom is 0.268 e. The fraction of sp³-hybridized carbons (Fsp3) is 0.478. The lowest BCUT2D eigenvalue weighted by molar-refractivity contribution is -0.119. The minimum absolute atomic E-state index is 0.0485. The topological polar surface area (TPSA) is 134 Å². The Hall–Kier alpha value is -3.56. The molecule has 1 aliphatic carbocycles. The Balaban J connectivity index is 1.61. The van der Waals surface area contributed by atoms with Crippen LogP contribution in [0.1, 0.15) is 60.3 Å². The predicted octanol–water partition coefficient (Wildman–Crippen LogP) is 2.57. The van der Waals surface area contributed by atoms with Crippen LogP contribution < -0.4 is 11.1 Å². The number of nitrogens with one attached hydrogen (secondary N) is 1. The largest absolute Gasteiger partial charge is 0.364 e. The number of amides is 2. The van der Waals surface area contributed by atoms with Crippen LogP contribution in [0.5, 0.6) is 0 Å². The molecule has 4 rings (SSSR count). The van der Waals surface area contributed by atoms with E-state index in [1.165, 1.54) is 4.68 Å². The van der Waals surface area contributed by atoms with Gasteiger partial charge in [0.1, 0.15) is 17.2 Å². The van der Waals surface area contributed by atoms with E-state index in [4.69, 9.17) is 5.73 Å². The fourth-order valence-electron chi connectivity index (χ4n) is 4.82. The SMILES string of the molecule is Cc1cnn(C)c1-c1ccc(NC(=O)C(c2nnn(C)c2C(N)=O)C2CCC(C)CC2)nc1. The van der Waals surface area contributed by atoms with Crippen molar-refractivity contribution in [1.82, 2.24) is 29.8 Å². The number of nitrogens with two attached hydrogens (primary N) is 1. The van der Waals surface area contributed by atoms with Gasteiger partial charge in [-0.05, 0) is 49.3 Å². The number of rotatable bonds is 6. The van der Waals surface area contributed by atoms with Gasteiger partial charge in [0.05, 0.1) is 17.8 Å². The number of carbonyl (C=O) groups excluding carboxylic acids is 2. The summed E-state index contributed by atoms with van der Waals surface area (Å²) in [7, 11) is 3.49. The van der Waals surface area contributed by atoms with E-state index in [0.29, 0.717) is 17.4 Å². The van der Waals surface area contributed by atoms with Crippen molar-refractivity contribution < 1.29 is 9.59 Å². The van der Waals surface area contributed by atoms with Crippen LogP contribution in [0.25, 0.3) is 11.3 Å². The number of hydrogen-bond acceptors (Lipinski definition) is 6. The summed E-state index contributed by atoms with van der Waals surface area (Å²) in [6.07, 6.45) is 7.32. The van der Waals surface area contributed by atoms with Crippen molar-refractivity contribution in [3.8, 4) is 11.3 Å². The first kappa shape index (κ1) is 22.6. The molecule has 33 heavy (non-hydrogen) atoms. The highest BCUT2D eigenvalue weighted by Gasteiger charge is 2.37. The molecule has 0 aliphatic heterocycles. The molecule has 3 N–H and O–H groups in total. The van der Waals surface area contributed by atoms with Crippen LogP contribution in [0, 0.1) is 18.8 Å².